The Morgan fingerprint density at radius 1 is 0.372 bits per heavy atom. The van der Waals surface area contributed by atoms with Gasteiger partial charge in [0.25, 0.3) is 0 Å². The van der Waals surface area contributed by atoms with Crippen molar-refractivity contribution in [2.75, 3.05) is 0 Å². The number of aromatic nitrogens is 3. The van der Waals surface area contributed by atoms with Crippen LogP contribution in [0.4, 0.5) is 0 Å². The number of fused-ring (bicyclic) bond motifs is 3. The summed E-state index contributed by atoms with van der Waals surface area (Å²) in [5, 5.41) is 2.18. The van der Waals surface area contributed by atoms with E-state index in [9.17, 15) is 0 Å². The first-order valence-electron chi connectivity index (χ1n) is 14.3. The summed E-state index contributed by atoms with van der Waals surface area (Å²) in [4.78, 5) is 15.1. The van der Waals surface area contributed by atoms with Crippen LogP contribution in [0, 0.1) is 0 Å². The predicted octanol–water partition coefficient (Wildman–Crippen LogP) is 10.1. The van der Waals surface area contributed by atoms with Gasteiger partial charge >= 0.3 is 0 Å². The smallest absolute Gasteiger partial charge is 0.136 e. The molecular weight excluding hydrogens is 526 g/mol. The quantitative estimate of drug-likeness (QED) is 0.214. The molecule has 8 aromatic rings. The van der Waals surface area contributed by atoms with Crippen LogP contribution in [0.1, 0.15) is 0 Å². The molecule has 0 aliphatic rings. The highest BCUT2D eigenvalue weighted by molar-refractivity contribution is 6.06. The second kappa shape index (κ2) is 10.5. The van der Waals surface area contributed by atoms with Crippen LogP contribution in [0.5, 0.6) is 0 Å². The number of pyridine rings is 1. The molecule has 4 nitrogen and oxygen atoms in total. The van der Waals surface area contributed by atoms with Crippen LogP contribution in [0.3, 0.4) is 0 Å². The number of furan rings is 1. The third kappa shape index (κ3) is 4.55. The van der Waals surface area contributed by atoms with Crippen molar-refractivity contribution >= 4 is 21.9 Å². The van der Waals surface area contributed by atoms with Gasteiger partial charge < -0.3 is 4.42 Å². The summed E-state index contributed by atoms with van der Waals surface area (Å²) in [6, 6.07) is 47.5. The average Bonchev–Trinajstić information content (AvgIpc) is 3.47. The summed E-state index contributed by atoms with van der Waals surface area (Å²) >= 11 is 0. The van der Waals surface area contributed by atoms with Crippen LogP contribution in [0.15, 0.2) is 156 Å². The topological polar surface area (TPSA) is 51.8 Å². The first kappa shape index (κ1) is 24.9. The van der Waals surface area contributed by atoms with E-state index in [1.54, 1.807) is 6.20 Å². The first-order chi connectivity index (χ1) is 21.3. The van der Waals surface area contributed by atoms with Crippen molar-refractivity contribution in [1.29, 1.82) is 0 Å². The van der Waals surface area contributed by atoms with E-state index in [0.29, 0.717) is 0 Å². The second-order valence-electron chi connectivity index (χ2n) is 10.5. The molecule has 202 valence electrons. The minimum Gasteiger partial charge on any atom is -0.456 e. The molecule has 0 saturated carbocycles. The molecule has 0 saturated heterocycles. The van der Waals surface area contributed by atoms with Gasteiger partial charge in [0.05, 0.1) is 22.8 Å². The van der Waals surface area contributed by atoms with Crippen molar-refractivity contribution in [3.63, 3.8) is 0 Å². The first-order valence-corrected chi connectivity index (χ1v) is 14.3. The third-order valence-corrected chi connectivity index (χ3v) is 7.80. The van der Waals surface area contributed by atoms with Crippen molar-refractivity contribution in [3.8, 4) is 56.2 Å². The minimum atomic E-state index is 0.801. The summed E-state index contributed by atoms with van der Waals surface area (Å²) in [7, 11) is 0. The van der Waals surface area contributed by atoms with Gasteiger partial charge in [-0.05, 0) is 35.4 Å². The van der Waals surface area contributed by atoms with E-state index in [1.807, 2.05) is 66.9 Å². The number of hydrogen-bond acceptors (Lipinski definition) is 4. The minimum absolute atomic E-state index is 0.801. The Kier molecular flexibility index (Phi) is 6.08. The maximum absolute atomic E-state index is 6.28. The molecule has 0 fully saturated rings. The molecule has 3 heterocycles. The lowest BCUT2D eigenvalue weighted by molar-refractivity contribution is 0.669. The van der Waals surface area contributed by atoms with Gasteiger partial charge in [-0.1, -0.05) is 115 Å². The zero-order chi connectivity index (χ0) is 28.6. The Morgan fingerprint density at radius 2 is 0.884 bits per heavy atom. The van der Waals surface area contributed by atoms with E-state index in [-0.39, 0.29) is 0 Å². The van der Waals surface area contributed by atoms with Crippen molar-refractivity contribution in [1.82, 2.24) is 15.0 Å². The molecule has 0 bridgehead atoms. The van der Waals surface area contributed by atoms with E-state index in [1.165, 1.54) is 0 Å². The Balaban J connectivity index is 1.38. The fourth-order valence-corrected chi connectivity index (χ4v) is 5.66. The fourth-order valence-electron chi connectivity index (χ4n) is 5.66. The molecule has 0 N–H and O–H groups in total. The fraction of sp³-hybridized carbons (Fsp3) is 0. The van der Waals surface area contributed by atoms with Gasteiger partial charge in [-0.3, -0.25) is 4.98 Å². The Hall–Kier alpha value is -5.87. The molecule has 4 heteroatoms. The lowest BCUT2D eigenvalue weighted by atomic mass is 9.97. The van der Waals surface area contributed by atoms with Crippen molar-refractivity contribution in [2.45, 2.75) is 0 Å². The molecule has 5 aromatic carbocycles. The van der Waals surface area contributed by atoms with Crippen LogP contribution in [0.2, 0.25) is 0 Å². The summed E-state index contributed by atoms with van der Waals surface area (Å²) in [6.45, 7) is 0. The molecular formula is C39H25N3O. The largest absolute Gasteiger partial charge is 0.456 e. The zero-order valence-electron chi connectivity index (χ0n) is 23.2. The Morgan fingerprint density at radius 3 is 1.53 bits per heavy atom. The summed E-state index contributed by atoms with van der Waals surface area (Å²) in [5.41, 5.74) is 11.1. The third-order valence-electron chi connectivity index (χ3n) is 7.80. The highest BCUT2D eigenvalue weighted by Gasteiger charge is 2.20. The Labute approximate surface area is 249 Å². The van der Waals surface area contributed by atoms with E-state index in [2.05, 4.69) is 83.8 Å². The second-order valence-corrected chi connectivity index (χ2v) is 10.5. The van der Waals surface area contributed by atoms with Crippen LogP contribution in [-0.4, -0.2) is 15.0 Å². The zero-order valence-corrected chi connectivity index (χ0v) is 23.2. The van der Waals surface area contributed by atoms with Gasteiger partial charge in [0.15, 0.2) is 0 Å². The van der Waals surface area contributed by atoms with Crippen molar-refractivity contribution in [2.24, 2.45) is 0 Å². The molecule has 43 heavy (non-hydrogen) atoms. The van der Waals surface area contributed by atoms with E-state index in [0.717, 1.165) is 78.1 Å². The summed E-state index contributed by atoms with van der Waals surface area (Å²) in [5.74, 6) is 0. The van der Waals surface area contributed by atoms with Crippen LogP contribution in [-0.2, 0) is 0 Å². The maximum Gasteiger partial charge on any atom is 0.136 e. The van der Waals surface area contributed by atoms with Crippen LogP contribution < -0.4 is 0 Å². The molecule has 0 unspecified atom stereocenters. The molecule has 3 aromatic heterocycles. The highest BCUT2D eigenvalue weighted by Crippen LogP contribution is 2.39. The summed E-state index contributed by atoms with van der Waals surface area (Å²) in [6.07, 6.45) is 3.67. The predicted molar refractivity (Wildman–Crippen MR) is 174 cm³/mol. The van der Waals surface area contributed by atoms with E-state index >= 15 is 0 Å². The Bertz CT molecular complexity index is 2210. The molecule has 0 amide bonds. The van der Waals surface area contributed by atoms with Gasteiger partial charge in [0.2, 0.25) is 0 Å². The van der Waals surface area contributed by atoms with Crippen LogP contribution in [0.25, 0.3) is 78.1 Å². The number of nitrogens with zero attached hydrogens (tertiary/aromatic N) is 3. The lowest BCUT2D eigenvalue weighted by Gasteiger charge is -2.16. The number of hydrogen-bond donors (Lipinski definition) is 0. The number of para-hydroxylation sites is 1. The van der Waals surface area contributed by atoms with Gasteiger partial charge in [-0.15, -0.1) is 0 Å². The van der Waals surface area contributed by atoms with Gasteiger partial charge in [-0.2, -0.15) is 0 Å². The van der Waals surface area contributed by atoms with Crippen molar-refractivity contribution in [3.05, 3.63) is 152 Å². The average molecular weight is 552 g/mol. The number of benzene rings is 5. The maximum atomic E-state index is 6.28. The van der Waals surface area contributed by atoms with Gasteiger partial charge in [0.1, 0.15) is 11.2 Å². The normalized spacial score (nSPS) is 11.3. The molecule has 0 atom stereocenters. The van der Waals surface area contributed by atoms with Gasteiger partial charge in [-0.25, -0.2) is 9.97 Å². The molecule has 0 spiro atoms. The van der Waals surface area contributed by atoms with E-state index in [4.69, 9.17) is 14.4 Å². The van der Waals surface area contributed by atoms with Crippen molar-refractivity contribution < 1.29 is 4.42 Å². The van der Waals surface area contributed by atoms with Gasteiger partial charge in [0, 0.05) is 45.4 Å². The molecule has 8 rings (SSSR count). The highest BCUT2D eigenvalue weighted by atomic mass is 16.3. The molecule has 0 aliphatic heterocycles. The standard InChI is InChI=1S/C39H25N3O/c1-3-10-27(11-4-1)36-37(28-12-5-2-6-13-28)42-39(30-21-22-33-32-15-7-8-16-34(32)43-35(33)24-30)38(41-36)29-19-17-26(18-20-29)31-14-9-23-40-25-31/h1-25H. The molecule has 0 aliphatic carbocycles. The number of rotatable bonds is 5. The van der Waals surface area contributed by atoms with E-state index < -0.39 is 0 Å². The monoisotopic (exact) mass is 551 g/mol. The molecule has 0 radical (unpaired) electrons. The summed E-state index contributed by atoms with van der Waals surface area (Å²) < 4.78 is 6.28. The SMILES string of the molecule is c1ccc(-c2nc(-c3ccc(-c4cccnc4)cc3)c(-c3ccc4c(c3)oc3ccccc34)nc2-c2ccccc2)cc1. The lowest BCUT2D eigenvalue weighted by Crippen LogP contribution is -2.01. The van der Waals surface area contributed by atoms with Crippen LogP contribution >= 0.6 is 0 Å².